The van der Waals surface area contributed by atoms with Crippen LogP contribution in [0.1, 0.15) is 21.5 Å². The van der Waals surface area contributed by atoms with Gasteiger partial charge in [0.15, 0.2) is 0 Å². The second kappa shape index (κ2) is 6.48. The number of carbonyl (C=O) groups excluding carboxylic acids is 1. The lowest BCUT2D eigenvalue weighted by atomic mass is 10.1. The molecule has 0 saturated heterocycles. The van der Waals surface area contributed by atoms with Gasteiger partial charge in [-0.15, -0.1) is 0 Å². The predicted molar refractivity (Wildman–Crippen MR) is 83.6 cm³/mol. The Balaban J connectivity index is 2.32. The van der Waals surface area contributed by atoms with Gasteiger partial charge in [0.1, 0.15) is 0 Å². The van der Waals surface area contributed by atoms with Crippen molar-refractivity contribution >= 4 is 29.4 Å². The summed E-state index contributed by atoms with van der Waals surface area (Å²) in [6, 6.07) is 9.74. The highest BCUT2D eigenvalue weighted by Gasteiger charge is 2.15. The Hall–Kier alpha value is -3.55. The van der Waals surface area contributed by atoms with Crippen molar-refractivity contribution < 1.29 is 14.6 Å². The molecule has 8 nitrogen and oxygen atoms in total. The minimum Gasteiger partial charge on any atom is -0.366 e. The van der Waals surface area contributed by atoms with Gasteiger partial charge in [-0.3, -0.25) is 25.0 Å². The van der Waals surface area contributed by atoms with Crippen molar-refractivity contribution in [2.24, 2.45) is 5.73 Å². The molecule has 0 aromatic heterocycles. The van der Waals surface area contributed by atoms with Crippen molar-refractivity contribution in [3.63, 3.8) is 0 Å². The number of amides is 1. The van der Waals surface area contributed by atoms with Crippen molar-refractivity contribution in [2.75, 3.05) is 0 Å². The van der Waals surface area contributed by atoms with Crippen LogP contribution in [-0.2, 0) is 0 Å². The van der Waals surface area contributed by atoms with E-state index in [1.807, 2.05) is 0 Å². The topological polar surface area (TPSA) is 129 Å². The summed E-state index contributed by atoms with van der Waals surface area (Å²) >= 11 is 0. The fourth-order valence-corrected chi connectivity index (χ4v) is 1.88. The van der Waals surface area contributed by atoms with Crippen LogP contribution in [0.4, 0.5) is 11.4 Å². The molecule has 2 rings (SSSR count). The average Bonchev–Trinajstić information content (AvgIpc) is 2.52. The molecule has 2 aromatic rings. The number of carbonyl (C=O) groups is 1. The fraction of sp³-hybridized carbons (Fsp3) is 0. The summed E-state index contributed by atoms with van der Waals surface area (Å²) in [5.74, 6) is -0.546. The molecule has 1 amide bonds. The van der Waals surface area contributed by atoms with Crippen LogP contribution in [0.2, 0.25) is 0 Å². The molecule has 0 radical (unpaired) electrons. The molecule has 0 aliphatic rings. The molecule has 2 aromatic carbocycles. The van der Waals surface area contributed by atoms with Crippen LogP contribution in [0.3, 0.4) is 0 Å². The van der Waals surface area contributed by atoms with Crippen LogP contribution >= 0.6 is 0 Å². The van der Waals surface area contributed by atoms with Gasteiger partial charge in [-0.1, -0.05) is 24.3 Å². The van der Waals surface area contributed by atoms with Crippen LogP contribution < -0.4 is 5.73 Å². The first-order valence-electron chi connectivity index (χ1n) is 6.38. The van der Waals surface area contributed by atoms with Gasteiger partial charge in [-0.2, -0.15) is 0 Å². The largest absolute Gasteiger partial charge is 0.366 e. The van der Waals surface area contributed by atoms with Crippen molar-refractivity contribution in [1.82, 2.24) is 0 Å². The Morgan fingerprint density at radius 2 is 1.35 bits per heavy atom. The number of benzene rings is 2. The summed E-state index contributed by atoms with van der Waals surface area (Å²) in [6.45, 7) is 0. The van der Waals surface area contributed by atoms with Gasteiger partial charge in [0, 0.05) is 17.7 Å². The average molecular weight is 313 g/mol. The molecule has 0 heterocycles. The highest BCUT2D eigenvalue weighted by molar-refractivity contribution is 5.93. The number of nitrogens with zero attached hydrogens (tertiary/aromatic N) is 2. The zero-order valence-electron chi connectivity index (χ0n) is 11.7. The lowest BCUT2D eigenvalue weighted by Crippen LogP contribution is -2.10. The predicted octanol–water partition coefficient (Wildman–Crippen LogP) is 2.77. The van der Waals surface area contributed by atoms with E-state index in [0.717, 1.165) is 6.07 Å². The maximum absolute atomic E-state index is 11.0. The Morgan fingerprint density at radius 3 is 1.78 bits per heavy atom. The minimum atomic E-state index is -0.688. The lowest BCUT2D eigenvalue weighted by Gasteiger charge is -1.98. The Kier molecular flexibility index (Phi) is 4.46. The first kappa shape index (κ1) is 15.8. The fourth-order valence-electron chi connectivity index (χ4n) is 1.88. The molecule has 0 aliphatic carbocycles. The van der Waals surface area contributed by atoms with Crippen LogP contribution in [0.5, 0.6) is 0 Å². The van der Waals surface area contributed by atoms with Crippen LogP contribution in [0.25, 0.3) is 12.2 Å². The van der Waals surface area contributed by atoms with E-state index in [-0.39, 0.29) is 11.4 Å². The molecule has 116 valence electrons. The van der Waals surface area contributed by atoms with Gasteiger partial charge in [0.25, 0.3) is 11.4 Å². The summed E-state index contributed by atoms with van der Waals surface area (Å²) in [4.78, 5) is 31.2. The van der Waals surface area contributed by atoms with Gasteiger partial charge in [-0.25, -0.2) is 0 Å². The molecule has 0 saturated carbocycles. The molecule has 8 heteroatoms. The van der Waals surface area contributed by atoms with Crippen molar-refractivity contribution in [2.45, 2.75) is 0 Å². The number of nitrogens with two attached hydrogens (primary N) is 1. The Labute approximate surface area is 130 Å². The summed E-state index contributed by atoms with van der Waals surface area (Å²) in [5.41, 5.74) is 5.81. The molecule has 0 atom stereocenters. The number of nitro groups is 2. The number of primary amides is 1. The van der Waals surface area contributed by atoms with Gasteiger partial charge >= 0.3 is 0 Å². The smallest absolute Gasteiger partial charge is 0.276 e. The van der Waals surface area contributed by atoms with Crippen LogP contribution in [0.15, 0.2) is 42.5 Å². The van der Waals surface area contributed by atoms with Crippen molar-refractivity contribution in [3.05, 3.63) is 79.4 Å². The molecule has 0 fully saturated rings. The molecule has 0 unspecified atom stereocenters. The zero-order chi connectivity index (χ0) is 17.0. The summed E-state index contributed by atoms with van der Waals surface area (Å²) in [7, 11) is 0. The van der Waals surface area contributed by atoms with Crippen molar-refractivity contribution in [1.29, 1.82) is 0 Å². The SMILES string of the molecule is NC(=O)c1ccc(/C=C/c2cc([N+](=O)[O-])cc([N+](=O)[O-])c2)cc1. The highest BCUT2D eigenvalue weighted by Crippen LogP contribution is 2.24. The monoisotopic (exact) mass is 313 g/mol. The first-order chi connectivity index (χ1) is 10.9. The Morgan fingerprint density at radius 1 is 0.870 bits per heavy atom. The van der Waals surface area contributed by atoms with E-state index in [4.69, 9.17) is 5.73 Å². The molecule has 2 N–H and O–H groups in total. The van der Waals surface area contributed by atoms with Gasteiger partial charge < -0.3 is 5.73 Å². The standard InChI is InChI=1S/C15H11N3O5/c16-15(19)12-5-3-10(4-6-12)1-2-11-7-13(17(20)21)9-14(8-11)18(22)23/h1-9H,(H2,16,19)/b2-1+. The number of hydrogen-bond acceptors (Lipinski definition) is 5. The zero-order valence-corrected chi connectivity index (χ0v) is 11.7. The van der Waals surface area contributed by atoms with E-state index in [1.165, 1.54) is 30.3 Å². The van der Waals surface area contributed by atoms with Gasteiger partial charge in [-0.05, 0) is 23.3 Å². The first-order valence-corrected chi connectivity index (χ1v) is 6.38. The minimum absolute atomic E-state index is 0.324. The summed E-state index contributed by atoms with van der Waals surface area (Å²) in [6.07, 6.45) is 3.13. The number of rotatable bonds is 5. The van der Waals surface area contributed by atoms with E-state index in [0.29, 0.717) is 16.7 Å². The molecule has 0 spiro atoms. The third-order valence-corrected chi connectivity index (χ3v) is 3.01. The van der Waals surface area contributed by atoms with E-state index in [1.54, 1.807) is 18.2 Å². The third-order valence-electron chi connectivity index (χ3n) is 3.01. The summed E-state index contributed by atoms with van der Waals surface area (Å²) in [5, 5.41) is 21.6. The van der Waals surface area contributed by atoms with Gasteiger partial charge in [0.05, 0.1) is 15.9 Å². The van der Waals surface area contributed by atoms with E-state index >= 15 is 0 Å². The van der Waals surface area contributed by atoms with E-state index < -0.39 is 15.8 Å². The number of non-ortho nitro benzene ring substituents is 2. The molecule has 0 bridgehead atoms. The normalized spacial score (nSPS) is 10.6. The molecular weight excluding hydrogens is 302 g/mol. The molecule has 0 aliphatic heterocycles. The maximum Gasteiger partial charge on any atom is 0.276 e. The maximum atomic E-state index is 11.0. The number of nitro benzene ring substituents is 2. The second-order valence-corrected chi connectivity index (χ2v) is 4.62. The third kappa shape index (κ3) is 3.97. The quantitative estimate of drug-likeness (QED) is 0.515. The molecule has 23 heavy (non-hydrogen) atoms. The van der Waals surface area contributed by atoms with Crippen LogP contribution in [-0.4, -0.2) is 15.8 Å². The van der Waals surface area contributed by atoms with E-state index in [9.17, 15) is 25.0 Å². The van der Waals surface area contributed by atoms with Gasteiger partial charge in [0.2, 0.25) is 5.91 Å². The van der Waals surface area contributed by atoms with Crippen LogP contribution in [0, 0.1) is 20.2 Å². The highest BCUT2D eigenvalue weighted by atomic mass is 16.6. The summed E-state index contributed by atoms with van der Waals surface area (Å²) < 4.78 is 0. The van der Waals surface area contributed by atoms with Crippen molar-refractivity contribution in [3.8, 4) is 0 Å². The molecular formula is C15H11N3O5. The Bertz CT molecular complexity index is 780. The second-order valence-electron chi connectivity index (χ2n) is 4.62. The number of hydrogen-bond donors (Lipinski definition) is 1. The lowest BCUT2D eigenvalue weighted by molar-refractivity contribution is -0.394. The van der Waals surface area contributed by atoms with E-state index in [2.05, 4.69) is 0 Å².